The largest absolute Gasteiger partial charge is 0.276 e. The van der Waals surface area contributed by atoms with E-state index < -0.39 is 0 Å². The van der Waals surface area contributed by atoms with E-state index >= 15 is 0 Å². The van der Waals surface area contributed by atoms with Gasteiger partial charge >= 0.3 is 0 Å². The van der Waals surface area contributed by atoms with Gasteiger partial charge in [0.1, 0.15) is 6.07 Å². The van der Waals surface area contributed by atoms with E-state index in [-0.39, 0.29) is 0 Å². The molecule has 1 heterocycles. The Kier molecular flexibility index (Phi) is 1.34. The van der Waals surface area contributed by atoms with Gasteiger partial charge in [0.05, 0.1) is 5.52 Å². The summed E-state index contributed by atoms with van der Waals surface area (Å²) in [7, 11) is 0. The Morgan fingerprint density at radius 3 is 3.08 bits per heavy atom. The number of H-pyrrole nitrogens is 1. The summed E-state index contributed by atoms with van der Waals surface area (Å²) in [4.78, 5) is 0. The first-order valence-corrected chi connectivity index (χ1v) is 3.66. The highest BCUT2D eigenvalue weighted by Gasteiger charge is 2.02. The minimum atomic E-state index is 0.466. The van der Waals surface area contributed by atoms with Crippen molar-refractivity contribution in [3.8, 4) is 6.07 Å². The third-order valence-corrected chi connectivity index (χ3v) is 1.82. The lowest BCUT2D eigenvalue weighted by molar-refractivity contribution is 1.10. The van der Waals surface area contributed by atoms with Crippen LogP contribution in [0.4, 0.5) is 0 Å². The van der Waals surface area contributed by atoms with Crippen LogP contribution in [0.3, 0.4) is 0 Å². The second kappa shape index (κ2) is 2.35. The van der Waals surface area contributed by atoms with Crippen molar-refractivity contribution in [3.63, 3.8) is 0 Å². The van der Waals surface area contributed by atoms with Gasteiger partial charge in [0.25, 0.3) is 0 Å². The van der Waals surface area contributed by atoms with Gasteiger partial charge in [-0.1, -0.05) is 11.6 Å². The minimum Gasteiger partial charge on any atom is -0.276 e. The molecule has 2 rings (SSSR count). The van der Waals surface area contributed by atoms with Gasteiger partial charge < -0.3 is 0 Å². The Morgan fingerprint density at radius 2 is 2.33 bits per heavy atom. The molecular weight excluding hydrogens is 150 g/mol. The lowest BCUT2D eigenvalue weighted by Crippen LogP contribution is -1.74. The van der Waals surface area contributed by atoms with Crippen molar-refractivity contribution in [2.24, 2.45) is 0 Å². The average molecular weight is 157 g/mol. The summed E-state index contributed by atoms with van der Waals surface area (Å²) in [6, 6.07) is 7.91. The molecule has 0 atom stereocenters. The molecule has 2 aromatic rings. The zero-order chi connectivity index (χ0) is 8.55. The number of nitrogens with one attached hydrogen (secondary N) is 1. The number of aromatic amines is 1. The number of benzene rings is 1. The molecule has 12 heavy (non-hydrogen) atoms. The first-order valence-electron chi connectivity index (χ1n) is 3.66. The Morgan fingerprint density at radius 1 is 1.50 bits per heavy atom. The molecule has 0 fully saturated rings. The topological polar surface area (TPSA) is 52.5 Å². The van der Waals surface area contributed by atoms with Gasteiger partial charge in [-0.3, -0.25) is 5.10 Å². The van der Waals surface area contributed by atoms with E-state index in [0.29, 0.717) is 5.69 Å². The first-order chi connectivity index (χ1) is 5.81. The molecule has 1 aromatic heterocycles. The fraction of sp³-hybridized carbons (Fsp3) is 0.111. The predicted molar refractivity (Wildman–Crippen MR) is 45.5 cm³/mol. The van der Waals surface area contributed by atoms with Crippen LogP contribution in [0.25, 0.3) is 10.9 Å². The van der Waals surface area contributed by atoms with Gasteiger partial charge in [-0.2, -0.15) is 10.4 Å². The highest BCUT2D eigenvalue weighted by Crippen LogP contribution is 2.16. The van der Waals surface area contributed by atoms with Crippen LogP contribution in [-0.4, -0.2) is 10.2 Å². The molecule has 58 valence electrons. The average Bonchev–Trinajstić information content (AvgIpc) is 2.46. The number of nitrogens with zero attached hydrogens (tertiary/aromatic N) is 2. The molecule has 0 amide bonds. The van der Waals surface area contributed by atoms with E-state index in [0.717, 1.165) is 16.5 Å². The number of aromatic nitrogens is 2. The first kappa shape index (κ1) is 6.86. The molecule has 0 unspecified atom stereocenters. The molecule has 1 N–H and O–H groups in total. The third kappa shape index (κ3) is 0.857. The normalized spacial score (nSPS) is 10.0. The van der Waals surface area contributed by atoms with Gasteiger partial charge in [0, 0.05) is 5.39 Å². The molecule has 0 radical (unpaired) electrons. The molecule has 0 bridgehead atoms. The van der Waals surface area contributed by atoms with Crippen molar-refractivity contribution in [1.29, 1.82) is 5.26 Å². The van der Waals surface area contributed by atoms with Gasteiger partial charge in [-0.25, -0.2) is 0 Å². The number of hydrogen-bond donors (Lipinski definition) is 1. The molecule has 0 aliphatic carbocycles. The Labute approximate surface area is 69.6 Å². The van der Waals surface area contributed by atoms with Crippen LogP contribution in [0, 0.1) is 18.3 Å². The van der Waals surface area contributed by atoms with Gasteiger partial charge in [-0.15, -0.1) is 0 Å². The second-order valence-corrected chi connectivity index (χ2v) is 2.73. The van der Waals surface area contributed by atoms with Crippen LogP contribution in [0.15, 0.2) is 18.2 Å². The molecule has 0 aliphatic heterocycles. The summed E-state index contributed by atoms with van der Waals surface area (Å²) >= 11 is 0. The van der Waals surface area contributed by atoms with Gasteiger partial charge in [-0.05, 0) is 19.1 Å². The molecule has 3 heteroatoms. The molecule has 0 aliphatic rings. The van der Waals surface area contributed by atoms with Crippen molar-refractivity contribution in [1.82, 2.24) is 10.2 Å². The van der Waals surface area contributed by atoms with Crippen LogP contribution in [0.5, 0.6) is 0 Å². The second-order valence-electron chi connectivity index (χ2n) is 2.73. The highest BCUT2D eigenvalue weighted by atomic mass is 15.1. The van der Waals surface area contributed by atoms with Crippen molar-refractivity contribution in [2.75, 3.05) is 0 Å². The number of fused-ring (bicyclic) bond motifs is 1. The molecule has 0 saturated heterocycles. The number of nitriles is 1. The van der Waals surface area contributed by atoms with Crippen molar-refractivity contribution >= 4 is 10.9 Å². The molecule has 0 saturated carbocycles. The third-order valence-electron chi connectivity index (χ3n) is 1.82. The van der Waals surface area contributed by atoms with E-state index in [9.17, 15) is 0 Å². The quantitative estimate of drug-likeness (QED) is 0.633. The van der Waals surface area contributed by atoms with E-state index in [2.05, 4.69) is 10.2 Å². The molecular formula is C9H7N3. The monoisotopic (exact) mass is 157 g/mol. The van der Waals surface area contributed by atoms with Crippen molar-refractivity contribution in [3.05, 3.63) is 29.5 Å². The molecule has 3 nitrogen and oxygen atoms in total. The lowest BCUT2D eigenvalue weighted by Gasteiger charge is -1.90. The molecule has 0 spiro atoms. The number of hydrogen-bond acceptors (Lipinski definition) is 2. The zero-order valence-corrected chi connectivity index (χ0v) is 6.63. The SMILES string of the molecule is Cc1ccc2[nH]nc(C#N)c2c1. The summed E-state index contributed by atoms with van der Waals surface area (Å²) in [5, 5.41) is 16.2. The Balaban J connectivity index is 2.86. The Bertz CT molecular complexity index is 462. The van der Waals surface area contributed by atoms with Crippen LogP contribution >= 0.6 is 0 Å². The number of rotatable bonds is 0. The van der Waals surface area contributed by atoms with E-state index in [1.54, 1.807) is 0 Å². The lowest BCUT2D eigenvalue weighted by atomic mass is 10.1. The summed E-state index contributed by atoms with van der Waals surface area (Å²) in [6.07, 6.45) is 0. The van der Waals surface area contributed by atoms with Crippen LogP contribution in [-0.2, 0) is 0 Å². The standard InChI is InChI=1S/C9H7N3/c1-6-2-3-8-7(4-6)9(5-10)12-11-8/h2-4H,1H3,(H,11,12). The maximum atomic E-state index is 8.68. The van der Waals surface area contributed by atoms with Crippen LogP contribution in [0.1, 0.15) is 11.3 Å². The maximum Gasteiger partial charge on any atom is 0.170 e. The van der Waals surface area contributed by atoms with Crippen molar-refractivity contribution < 1.29 is 0 Å². The van der Waals surface area contributed by atoms with E-state index in [4.69, 9.17) is 5.26 Å². The Hall–Kier alpha value is -1.82. The summed E-state index contributed by atoms with van der Waals surface area (Å²) in [6.45, 7) is 1.99. The maximum absolute atomic E-state index is 8.68. The summed E-state index contributed by atoms with van der Waals surface area (Å²) in [5.41, 5.74) is 2.52. The number of aryl methyl sites for hydroxylation is 1. The fourth-order valence-corrected chi connectivity index (χ4v) is 1.21. The predicted octanol–water partition coefficient (Wildman–Crippen LogP) is 1.74. The zero-order valence-electron chi connectivity index (χ0n) is 6.63. The van der Waals surface area contributed by atoms with E-state index in [1.807, 2.05) is 31.2 Å². The van der Waals surface area contributed by atoms with Crippen LogP contribution < -0.4 is 0 Å². The summed E-state index contributed by atoms with van der Waals surface area (Å²) in [5.74, 6) is 0. The molecule has 1 aromatic carbocycles. The minimum absolute atomic E-state index is 0.466. The smallest absolute Gasteiger partial charge is 0.170 e. The summed E-state index contributed by atoms with van der Waals surface area (Å²) < 4.78 is 0. The fourth-order valence-electron chi connectivity index (χ4n) is 1.21. The van der Waals surface area contributed by atoms with E-state index in [1.165, 1.54) is 0 Å². The highest BCUT2D eigenvalue weighted by molar-refractivity contribution is 5.84. The van der Waals surface area contributed by atoms with Gasteiger partial charge in [0.2, 0.25) is 0 Å². The van der Waals surface area contributed by atoms with Gasteiger partial charge in [0.15, 0.2) is 5.69 Å². The van der Waals surface area contributed by atoms with Crippen LogP contribution in [0.2, 0.25) is 0 Å². The van der Waals surface area contributed by atoms with Crippen molar-refractivity contribution in [2.45, 2.75) is 6.92 Å².